The Balaban J connectivity index is 1.78. The first kappa shape index (κ1) is 20.1. The highest BCUT2D eigenvalue weighted by Crippen LogP contribution is 2.35. The van der Waals surface area contributed by atoms with Crippen LogP contribution in [0.3, 0.4) is 0 Å². The average Bonchev–Trinajstić information content (AvgIpc) is 3.30. The van der Waals surface area contributed by atoms with Gasteiger partial charge >= 0.3 is 0 Å². The Morgan fingerprint density at radius 2 is 1.53 bits per heavy atom. The topological polar surface area (TPSA) is 119 Å². The van der Waals surface area contributed by atoms with Crippen molar-refractivity contribution >= 4 is 21.6 Å². The van der Waals surface area contributed by atoms with Crippen LogP contribution >= 0.6 is 0 Å². The van der Waals surface area contributed by atoms with Crippen molar-refractivity contribution in [3.05, 3.63) is 66.5 Å². The van der Waals surface area contributed by atoms with Crippen LogP contribution in [0.5, 0.6) is 0 Å². The molecule has 0 aliphatic carbocycles. The molecule has 154 valence electrons. The minimum absolute atomic E-state index is 0.216. The molecule has 4 N–H and O–H groups in total. The van der Waals surface area contributed by atoms with E-state index in [1.807, 2.05) is 18.2 Å². The van der Waals surface area contributed by atoms with Crippen LogP contribution in [0.15, 0.2) is 65.8 Å². The third-order valence-electron chi connectivity index (χ3n) is 5.33. The van der Waals surface area contributed by atoms with E-state index in [0.717, 1.165) is 24.0 Å². The molecule has 30 heavy (non-hydrogen) atoms. The molecule has 0 radical (unpaired) electrons. The maximum absolute atomic E-state index is 12.8. The zero-order chi connectivity index (χ0) is 21.3. The highest BCUT2D eigenvalue weighted by Gasteiger charge is 2.27. The molecule has 1 aromatic heterocycles. The Hall–Kier alpha value is -3.23. The molecule has 4 rings (SSSR count). The van der Waals surface area contributed by atoms with E-state index < -0.39 is 15.9 Å². The van der Waals surface area contributed by atoms with Gasteiger partial charge in [0.1, 0.15) is 0 Å². The lowest BCUT2D eigenvalue weighted by molar-refractivity contribution is 0.100. The minimum Gasteiger partial charge on any atom is -0.398 e. The highest BCUT2D eigenvalue weighted by molar-refractivity contribution is 7.89. The molecule has 1 amide bonds. The van der Waals surface area contributed by atoms with Crippen molar-refractivity contribution in [3.8, 4) is 22.3 Å². The van der Waals surface area contributed by atoms with E-state index in [-0.39, 0.29) is 16.1 Å². The number of nitrogen functional groups attached to an aromatic ring is 1. The number of primary amides is 1. The van der Waals surface area contributed by atoms with Gasteiger partial charge in [-0.3, -0.25) is 9.78 Å². The summed E-state index contributed by atoms with van der Waals surface area (Å²) < 4.78 is 27.0. The summed E-state index contributed by atoms with van der Waals surface area (Å²) in [5.74, 6) is -0.627. The molecule has 0 atom stereocenters. The molecule has 3 aromatic rings. The molecular weight excluding hydrogens is 400 g/mol. The van der Waals surface area contributed by atoms with Crippen LogP contribution < -0.4 is 11.5 Å². The maximum Gasteiger partial charge on any atom is 0.250 e. The summed E-state index contributed by atoms with van der Waals surface area (Å²) in [6.45, 7) is 1.10. The Morgan fingerprint density at radius 1 is 0.900 bits per heavy atom. The van der Waals surface area contributed by atoms with Crippen molar-refractivity contribution in [3.63, 3.8) is 0 Å². The summed E-state index contributed by atoms with van der Waals surface area (Å²) in [5, 5.41) is 0. The zero-order valence-corrected chi connectivity index (χ0v) is 17.1. The van der Waals surface area contributed by atoms with Gasteiger partial charge in [-0.05, 0) is 65.9 Å². The second-order valence-corrected chi connectivity index (χ2v) is 9.16. The van der Waals surface area contributed by atoms with Crippen molar-refractivity contribution < 1.29 is 13.2 Å². The Bertz CT molecular complexity index is 1190. The van der Waals surface area contributed by atoms with Gasteiger partial charge in [-0.2, -0.15) is 4.31 Å². The lowest BCUT2D eigenvalue weighted by atomic mass is 9.94. The number of nitrogens with zero attached hydrogens (tertiary/aromatic N) is 2. The molecule has 0 saturated carbocycles. The molecule has 0 bridgehead atoms. The van der Waals surface area contributed by atoms with Gasteiger partial charge in [-0.25, -0.2) is 8.42 Å². The van der Waals surface area contributed by atoms with Crippen LogP contribution in [-0.2, 0) is 10.0 Å². The van der Waals surface area contributed by atoms with Gasteiger partial charge in [0.25, 0.3) is 5.91 Å². The van der Waals surface area contributed by atoms with Gasteiger partial charge in [0.2, 0.25) is 10.0 Å². The summed E-state index contributed by atoms with van der Waals surface area (Å²) in [4.78, 5) is 16.2. The van der Waals surface area contributed by atoms with Gasteiger partial charge in [-0.1, -0.05) is 12.1 Å². The van der Waals surface area contributed by atoms with E-state index >= 15 is 0 Å². The van der Waals surface area contributed by atoms with Crippen LogP contribution in [0.4, 0.5) is 5.69 Å². The first-order chi connectivity index (χ1) is 14.4. The lowest BCUT2D eigenvalue weighted by Gasteiger charge is -2.16. The highest BCUT2D eigenvalue weighted by atomic mass is 32.2. The van der Waals surface area contributed by atoms with Crippen molar-refractivity contribution in [1.29, 1.82) is 0 Å². The number of carbonyl (C=O) groups excluding carboxylic acids is 1. The van der Waals surface area contributed by atoms with Crippen molar-refractivity contribution in [2.75, 3.05) is 18.8 Å². The summed E-state index contributed by atoms with van der Waals surface area (Å²) in [6.07, 6.45) is 5.08. The fourth-order valence-electron chi connectivity index (χ4n) is 3.69. The molecule has 1 fully saturated rings. The standard InChI is InChI=1S/C22H22N4O3S/c23-21-19(13-17(14-20(21)22(24)27)15-7-9-25-10-8-15)16-3-5-18(6-4-16)30(28,29)26-11-1-2-12-26/h3-10,13-14H,1-2,11-12,23H2,(H2,24,27). The molecule has 0 spiro atoms. The third kappa shape index (κ3) is 3.67. The minimum atomic E-state index is -3.50. The molecule has 8 heteroatoms. The molecule has 1 saturated heterocycles. The van der Waals surface area contributed by atoms with Crippen LogP contribution in [0.1, 0.15) is 23.2 Å². The molecular formula is C22H22N4O3S. The molecule has 0 unspecified atom stereocenters. The molecule has 2 aromatic carbocycles. The number of hydrogen-bond donors (Lipinski definition) is 2. The number of nitrogens with two attached hydrogens (primary N) is 2. The number of sulfonamides is 1. The second-order valence-electron chi connectivity index (χ2n) is 7.22. The Morgan fingerprint density at radius 3 is 2.13 bits per heavy atom. The molecule has 1 aliphatic rings. The number of rotatable bonds is 5. The Kier molecular flexibility index (Phi) is 5.27. The van der Waals surface area contributed by atoms with Gasteiger partial charge < -0.3 is 11.5 Å². The first-order valence-electron chi connectivity index (χ1n) is 9.62. The zero-order valence-electron chi connectivity index (χ0n) is 16.3. The van der Waals surface area contributed by atoms with E-state index in [9.17, 15) is 13.2 Å². The number of hydrogen-bond acceptors (Lipinski definition) is 5. The van der Waals surface area contributed by atoms with Crippen LogP contribution in [0.2, 0.25) is 0 Å². The summed E-state index contributed by atoms with van der Waals surface area (Å²) in [5.41, 5.74) is 15.2. The normalized spacial score (nSPS) is 14.7. The maximum atomic E-state index is 12.8. The third-order valence-corrected chi connectivity index (χ3v) is 7.24. The monoisotopic (exact) mass is 422 g/mol. The lowest BCUT2D eigenvalue weighted by Crippen LogP contribution is -2.27. The van der Waals surface area contributed by atoms with Crippen molar-refractivity contribution in [2.24, 2.45) is 5.73 Å². The van der Waals surface area contributed by atoms with E-state index in [2.05, 4.69) is 4.98 Å². The Labute approximate surface area is 175 Å². The number of anilines is 1. The van der Waals surface area contributed by atoms with Gasteiger partial charge in [0.15, 0.2) is 0 Å². The summed E-state index contributed by atoms with van der Waals surface area (Å²) in [6, 6.07) is 13.7. The van der Waals surface area contributed by atoms with Gasteiger partial charge in [-0.15, -0.1) is 0 Å². The molecule has 7 nitrogen and oxygen atoms in total. The fourth-order valence-corrected chi connectivity index (χ4v) is 5.21. The summed E-state index contributed by atoms with van der Waals surface area (Å²) >= 11 is 0. The molecule has 2 heterocycles. The number of amides is 1. The largest absolute Gasteiger partial charge is 0.398 e. The average molecular weight is 423 g/mol. The fraction of sp³-hybridized carbons (Fsp3) is 0.182. The first-order valence-corrected chi connectivity index (χ1v) is 11.1. The van der Waals surface area contributed by atoms with Gasteiger partial charge in [0.05, 0.1) is 16.1 Å². The SMILES string of the molecule is NC(=O)c1cc(-c2ccncc2)cc(-c2ccc(S(=O)(=O)N3CCCC3)cc2)c1N. The van der Waals surface area contributed by atoms with Crippen LogP contribution in [-0.4, -0.2) is 36.7 Å². The van der Waals surface area contributed by atoms with Crippen LogP contribution in [0, 0.1) is 0 Å². The van der Waals surface area contributed by atoms with E-state index in [0.29, 0.717) is 24.2 Å². The predicted octanol–water partition coefficient (Wildman–Crippen LogP) is 2.88. The quantitative estimate of drug-likeness (QED) is 0.613. The van der Waals surface area contributed by atoms with E-state index in [1.165, 1.54) is 4.31 Å². The number of carbonyl (C=O) groups is 1. The number of benzene rings is 2. The smallest absolute Gasteiger partial charge is 0.250 e. The van der Waals surface area contributed by atoms with E-state index in [1.54, 1.807) is 42.7 Å². The molecule has 1 aliphatic heterocycles. The number of pyridine rings is 1. The van der Waals surface area contributed by atoms with Crippen molar-refractivity contribution in [1.82, 2.24) is 9.29 Å². The second kappa shape index (κ2) is 7.89. The van der Waals surface area contributed by atoms with Crippen LogP contribution in [0.25, 0.3) is 22.3 Å². The summed E-state index contributed by atoms with van der Waals surface area (Å²) in [7, 11) is -3.50. The van der Waals surface area contributed by atoms with E-state index in [4.69, 9.17) is 11.5 Å². The van der Waals surface area contributed by atoms with Gasteiger partial charge in [0, 0.05) is 31.0 Å². The predicted molar refractivity (Wildman–Crippen MR) is 116 cm³/mol. The van der Waals surface area contributed by atoms with Crippen molar-refractivity contribution in [2.45, 2.75) is 17.7 Å². The number of aromatic nitrogens is 1.